The SMILES string of the molecule is CC(C)(C)OC(=O)Oc1ccc(CCCC(F)(F)F)c(C(NC(=O)c2ccccc2)C(=O)O)c1. The summed E-state index contributed by atoms with van der Waals surface area (Å²) in [6, 6.07) is 10.2. The fraction of sp³-hybridized carbons (Fsp3) is 0.375. The van der Waals surface area contributed by atoms with Crippen molar-refractivity contribution >= 4 is 18.0 Å². The molecule has 0 aliphatic rings. The van der Waals surface area contributed by atoms with E-state index in [9.17, 15) is 32.7 Å². The van der Waals surface area contributed by atoms with Crippen LogP contribution in [0.2, 0.25) is 0 Å². The molecule has 2 aromatic carbocycles. The van der Waals surface area contributed by atoms with Gasteiger partial charge in [-0.2, -0.15) is 13.2 Å². The van der Waals surface area contributed by atoms with Crippen LogP contribution < -0.4 is 10.1 Å². The fourth-order valence-electron chi connectivity index (χ4n) is 3.06. The Kier molecular flexibility index (Phi) is 8.67. The van der Waals surface area contributed by atoms with Crippen molar-refractivity contribution < 1.29 is 42.1 Å². The smallest absolute Gasteiger partial charge is 0.479 e. The number of rotatable bonds is 8. The molecule has 0 fully saturated rings. The average molecular weight is 481 g/mol. The van der Waals surface area contributed by atoms with Crippen molar-refractivity contribution in [3.05, 3.63) is 65.2 Å². The van der Waals surface area contributed by atoms with Crippen LogP contribution in [-0.4, -0.2) is 34.9 Å². The molecule has 34 heavy (non-hydrogen) atoms. The summed E-state index contributed by atoms with van der Waals surface area (Å²) < 4.78 is 48.1. The van der Waals surface area contributed by atoms with E-state index >= 15 is 0 Å². The van der Waals surface area contributed by atoms with Crippen molar-refractivity contribution in [3.8, 4) is 5.75 Å². The third-order valence-electron chi connectivity index (χ3n) is 4.48. The zero-order chi connectivity index (χ0) is 25.5. The van der Waals surface area contributed by atoms with Crippen molar-refractivity contribution in [3.63, 3.8) is 0 Å². The second kappa shape index (κ2) is 11.0. The number of amides is 1. The minimum absolute atomic E-state index is 0.0000132. The van der Waals surface area contributed by atoms with Crippen molar-refractivity contribution in [2.45, 2.75) is 57.9 Å². The van der Waals surface area contributed by atoms with Gasteiger partial charge in [-0.05, 0) is 69.0 Å². The number of aliphatic carboxylic acids is 1. The van der Waals surface area contributed by atoms with Crippen LogP contribution in [0.5, 0.6) is 5.75 Å². The van der Waals surface area contributed by atoms with Crippen LogP contribution in [0.25, 0.3) is 0 Å². The maximum atomic E-state index is 12.6. The Bertz CT molecular complexity index is 1020. The van der Waals surface area contributed by atoms with Gasteiger partial charge in [0.25, 0.3) is 5.91 Å². The number of alkyl halides is 3. The predicted octanol–water partition coefficient (Wildman–Crippen LogP) is 5.44. The summed E-state index contributed by atoms with van der Waals surface area (Å²) in [5.41, 5.74) is -0.375. The molecule has 0 aliphatic carbocycles. The fourth-order valence-corrected chi connectivity index (χ4v) is 3.06. The summed E-state index contributed by atoms with van der Waals surface area (Å²) in [5, 5.41) is 12.2. The number of carboxylic acid groups (broad SMARTS) is 1. The Hall–Kier alpha value is -3.56. The quantitative estimate of drug-likeness (QED) is 0.385. The number of ether oxygens (including phenoxy) is 2. The molecule has 1 atom stereocenters. The van der Waals surface area contributed by atoms with Crippen molar-refractivity contribution in [2.24, 2.45) is 0 Å². The molecule has 184 valence electrons. The summed E-state index contributed by atoms with van der Waals surface area (Å²) in [7, 11) is 0. The van der Waals surface area contributed by atoms with Crippen LogP contribution in [0.15, 0.2) is 48.5 Å². The van der Waals surface area contributed by atoms with E-state index in [4.69, 9.17) is 9.47 Å². The Balaban J connectivity index is 2.37. The monoisotopic (exact) mass is 481 g/mol. The second-order valence-corrected chi connectivity index (χ2v) is 8.51. The molecule has 2 aromatic rings. The van der Waals surface area contributed by atoms with Crippen LogP contribution in [0.3, 0.4) is 0 Å². The number of hydrogen-bond acceptors (Lipinski definition) is 5. The Morgan fingerprint density at radius 3 is 2.24 bits per heavy atom. The molecular formula is C24H26F3NO6. The Labute approximate surface area is 194 Å². The molecule has 0 saturated heterocycles. The topological polar surface area (TPSA) is 102 Å². The van der Waals surface area contributed by atoms with Gasteiger partial charge in [0.1, 0.15) is 11.4 Å². The zero-order valence-electron chi connectivity index (χ0n) is 18.9. The van der Waals surface area contributed by atoms with Crippen molar-refractivity contribution in [1.82, 2.24) is 5.32 Å². The molecular weight excluding hydrogens is 455 g/mol. The normalized spacial score (nSPS) is 12.5. The van der Waals surface area contributed by atoms with E-state index in [2.05, 4.69) is 5.32 Å². The van der Waals surface area contributed by atoms with Crippen LogP contribution >= 0.6 is 0 Å². The summed E-state index contributed by atoms with van der Waals surface area (Å²) >= 11 is 0. The third-order valence-corrected chi connectivity index (χ3v) is 4.48. The molecule has 7 nitrogen and oxygen atoms in total. The predicted molar refractivity (Wildman–Crippen MR) is 117 cm³/mol. The number of nitrogens with one attached hydrogen (secondary N) is 1. The van der Waals surface area contributed by atoms with Gasteiger partial charge in [0.15, 0.2) is 6.04 Å². The van der Waals surface area contributed by atoms with Crippen LogP contribution in [0.1, 0.15) is 61.1 Å². The van der Waals surface area contributed by atoms with Gasteiger partial charge in [-0.15, -0.1) is 0 Å². The highest BCUT2D eigenvalue weighted by atomic mass is 19.4. The first kappa shape index (κ1) is 26.7. The highest BCUT2D eigenvalue weighted by Gasteiger charge is 2.29. The standard InChI is InChI=1S/C24H26F3NO6/c1-23(2,3)34-22(32)33-17-12-11-15(10-7-13-24(25,26)27)18(14-17)19(21(30)31)28-20(29)16-8-5-4-6-9-16/h4-6,8-9,11-12,14,19H,7,10,13H2,1-3H3,(H,28,29)(H,30,31). The average Bonchev–Trinajstić information content (AvgIpc) is 2.71. The molecule has 1 amide bonds. The largest absolute Gasteiger partial charge is 0.514 e. The number of halogens is 3. The molecule has 2 N–H and O–H groups in total. The van der Waals surface area contributed by atoms with E-state index in [1.54, 1.807) is 39.0 Å². The molecule has 0 heterocycles. The molecule has 0 spiro atoms. The Morgan fingerprint density at radius 1 is 1.03 bits per heavy atom. The van der Waals surface area contributed by atoms with Gasteiger partial charge in [0.05, 0.1) is 0 Å². The van der Waals surface area contributed by atoms with E-state index in [0.717, 1.165) is 0 Å². The lowest BCUT2D eigenvalue weighted by atomic mass is 9.95. The molecule has 0 radical (unpaired) electrons. The van der Waals surface area contributed by atoms with Gasteiger partial charge >= 0.3 is 18.3 Å². The maximum absolute atomic E-state index is 12.6. The third kappa shape index (κ3) is 8.76. The minimum atomic E-state index is -4.37. The number of carbonyl (C=O) groups excluding carboxylic acids is 2. The summed E-state index contributed by atoms with van der Waals surface area (Å²) in [6.45, 7) is 4.88. The number of benzene rings is 2. The van der Waals surface area contributed by atoms with Crippen LogP contribution in [-0.2, 0) is 16.0 Å². The number of carboxylic acids is 1. The van der Waals surface area contributed by atoms with Crippen LogP contribution in [0, 0.1) is 0 Å². The maximum Gasteiger partial charge on any atom is 0.514 e. The van der Waals surface area contributed by atoms with E-state index in [-0.39, 0.29) is 35.3 Å². The minimum Gasteiger partial charge on any atom is -0.479 e. The highest BCUT2D eigenvalue weighted by Crippen LogP contribution is 2.29. The van der Waals surface area contributed by atoms with Crippen molar-refractivity contribution in [2.75, 3.05) is 0 Å². The molecule has 0 saturated carbocycles. The Morgan fingerprint density at radius 2 is 1.68 bits per heavy atom. The van der Waals surface area contributed by atoms with Gasteiger partial charge < -0.3 is 19.9 Å². The van der Waals surface area contributed by atoms with E-state index in [1.807, 2.05) is 0 Å². The van der Waals surface area contributed by atoms with Gasteiger partial charge in [-0.1, -0.05) is 24.3 Å². The summed E-state index contributed by atoms with van der Waals surface area (Å²) in [4.78, 5) is 36.6. The van der Waals surface area contributed by atoms with Gasteiger partial charge in [-0.25, -0.2) is 9.59 Å². The molecule has 0 bridgehead atoms. The molecule has 0 aromatic heterocycles. The number of carbonyl (C=O) groups is 3. The first-order valence-corrected chi connectivity index (χ1v) is 10.4. The van der Waals surface area contributed by atoms with E-state index in [0.29, 0.717) is 0 Å². The molecule has 1 unspecified atom stereocenters. The van der Waals surface area contributed by atoms with E-state index in [1.165, 1.54) is 30.3 Å². The lowest BCUT2D eigenvalue weighted by Gasteiger charge is -2.21. The van der Waals surface area contributed by atoms with Gasteiger partial charge in [0.2, 0.25) is 0 Å². The first-order valence-electron chi connectivity index (χ1n) is 10.4. The summed E-state index contributed by atoms with van der Waals surface area (Å²) in [5.74, 6) is -2.20. The van der Waals surface area contributed by atoms with E-state index < -0.39 is 42.3 Å². The van der Waals surface area contributed by atoms with Crippen molar-refractivity contribution in [1.29, 1.82) is 0 Å². The molecule has 2 rings (SSSR count). The van der Waals surface area contributed by atoms with Gasteiger partial charge in [0, 0.05) is 12.0 Å². The van der Waals surface area contributed by atoms with Gasteiger partial charge in [-0.3, -0.25) is 4.79 Å². The lowest BCUT2D eigenvalue weighted by molar-refractivity contribution is -0.139. The number of aryl methyl sites for hydroxylation is 1. The highest BCUT2D eigenvalue weighted by molar-refractivity contribution is 5.96. The molecule has 0 aliphatic heterocycles. The summed E-state index contributed by atoms with van der Waals surface area (Å²) in [6.07, 6.45) is -6.86. The second-order valence-electron chi connectivity index (χ2n) is 8.51. The number of hydrogen-bond donors (Lipinski definition) is 2. The zero-order valence-corrected chi connectivity index (χ0v) is 18.9. The van der Waals surface area contributed by atoms with Crippen LogP contribution in [0.4, 0.5) is 18.0 Å². The molecule has 10 heteroatoms. The lowest BCUT2D eigenvalue weighted by Crippen LogP contribution is -2.34. The first-order chi connectivity index (χ1) is 15.7.